The number of methoxy groups -OCH3 is 1. The normalized spacial score (nSPS) is 16.3. The van der Waals surface area contributed by atoms with E-state index in [2.05, 4.69) is 0 Å². The highest BCUT2D eigenvalue weighted by atomic mass is 35.5. The Hall–Kier alpha value is -1.68. The van der Waals surface area contributed by atoms with Crippen molar-refractivity contribution in [3.63, 3.8) is 0 Å². The van der Waals surface area contributed by atoms with Crippen LogP contribution in [0.4, 0.5) is 4.39 Å². The Labute approximate surface area is 156 Å². The lowest BCUT2D eigenvalue weighted by molar-refractivity contribution is 0.307. The molecule has 0 aliphatic carbocycles. The van der Waals surface area contributed by atoms with Gasteiger partial charge in [0.05, 0.1) is 17.3 Å². The van der Waals surface area contributed by atoms with Gasteiger partial charge in [0.2, 0.25) is 10.0 Å². The van der Waals surface area contributed by atoms with Crippen molar-refractivity contribution >= 4 is 31.5 Å². The van der Waals surface area contributed by atoms with Crippen molar-refractivity contribution < 1.29 is 26.0 Å². The fourth-order valence-corrected chi connectivity index (χ4v) is 6.39. The monoisotopic (exact) mass is 419 g/mol. The van der Waals surface area contributed by atoms with Gasteiger partial charge in [-0.1, -0.05) is 11.6 Å². The number of hydrogen-bond donors (Lipinski definition) is 0. The molecule has 0 atom stereocenters. The van der Waals surface area contributed by atoms with Crippen LogP contribution >= 0.6 is 11.6 Å². The number of nitrogens with zero attached hydrogens (tertiary/aromatic N) is 1. The summed E-state index contributed by atoms with van der Waals surface area (Å²) in [7, 11) is -6.36. The third-order valence-corrected chi connectivity index (χ3v) is 8.33. The van der Waals surface area contributed by atoms with Crippen molar-refractivity contribution in [3.05, 3.63) is 53.3 Å². The second kappa shape index (κ2) is 6.80. The third-order valence-electron chi connectivity index (χ3n) is 4.14. The molecule has 1 saturated heterocycles. The molecule has 1 heterocycles. The first kappa shape index (κ1) is 19.1. The van der Waals surface area contributed by atoms with Gasteiger partial charge in [-0.05, 0) is 42.5 Å². The summed E-state index contributed by atoms with van der Waals surface area (Å²) >= 11 is 5.87. The zero-order valence-corrected chi connectivity index (χ0v) is 16.0. The zero-order chi connectivity index (χ0) is 19.1. The highest BCUT2D eigenvalue weighted by molar-refractivity contribution is 7.92. The topological polar surface area (TPSA) is 80.8 Å². The van der Waals surface area contributed by atoms with Gasteiger partial charge >= 0.3 is 0 Å². The van der Waals surface area contributed by atoms with Crippen molar-refractivity contribution in [2.75, 3.05) is 20.2 Å². The molecule has 140 valence electrons. The quantitative estimate of drug-likeness (QED) is 0.695. The Kier molecular flexibility index (Phi) is 5.00. The van der Waals surface area contributed by atoms with E-state index in [9.17, 15) is 21.2 Å². The minimum Gasteiger partial charge on any atom is -0.495 e. The smallest absolute Gasteiger partial charge is 0.246 e. The summed E-state index contributed by atoms with van der Waals surface area (Å²) in [5.74, 6) is -0.422. The van der Waals surface area contributed by atoms with Crippen molar-refractivity contribution in [2.45, 2.75) is 15.0 Å². The number of hydrogen-bond acceptors (Lipinski definition) is 5. The van der Waals surface area contributed by atoms with E-state index in [4.69, 9.17) is 16.3 Å². The highest BCUT2D eigenvalue weighted by Gasteiger charge is 2.45. The summed E-state index contributed by atoms with van der Waals surface area (Å²) in [6.45, 7) is -0.393. The van der Waals surface area contributed by atoms with E-state index in [1.54, 1.807) is 0 Å². The van der Waals surface area contributed by atoms with Gasteiger partial charge in [0.25, 0.3) is 0 Å². The maximum absolute atomic E-state index is 13.0. The molecule has 6 nitrogen and oxygen atoms in total. The van der Waals surface area contributed by atoms with E-state index < -0.39 is 30.9 Å². The van der Waals surface area contributed by atoms with E-state index in [1.807, 2.05) is 0 Å². The molecule has 0 unspecified atom stereocenters. The van der Waals surface area contributed by atoms with Gasteiger partial charge < -0.3 is 4.74 Å². The molecule has 0 radical (unpaired) electrons. The second-order valence-electron chi connectivity index (χ2n) is 5.74. The lowest BCUT2D eigenvalue weighted by atomic mass is 10.3. The molecular formula is C16H15ClFNO5S2. The molecule has 1 aliphatic heterocycles. The predicted octanol–water partition coefficient (Wildman–Crippen LogP) is 2.33. The fraction of sp³-hybridized carbons (Fsp3) is 0.250. The molecule has 26 heavy (non-hydrogen) atoms. The number of benzene rings is 2. The Morgan fingerprint density at radius 1 is 1.08 bits per heavy atom. The maximum atomic E-state index is 13.0. The van der Waals surface area contributed by atoms with Crippen LogP contribution in [0.5, 0.6) is 5.75 Å². The van der Waals surface area contributed by atoms with Crippen LogP contribution in [0.2, 0.25) is 5.02 Å². The van der Waals surface area contributed by atoms with Crippen LogP contribution in [-0.4, -0.2) is 46.6 Å². The number of rotatable bonds is 5. The number of ether oxygens (including phenoxy) is 1. The Morgan fingerprint density at radius 3 is 2.27 bits per heavy atom. The van der Waals surface area contributed by atoms with Crippen LogP contribution in [0, 0.1) is 5.82 Å². The summed E-state index contributed by atoms with van der Waals surface area (Å²) in [5, 5.41) is -0.673. The molecule has 0 N–H and O–H groups in total. The molecule has 3 rings (SSSR count). The van der Waals surface area contributed by atoms with Gasteiger partial charge in [-0.15, -0.1) is 0 Å². The average molecular weight is 420 g/mol. The number of sulfone groups is 1. The zero-order valence-electron chi connectivity index (χ0n) is 13.6. The van der Waals surface area contributed by atoms with E-state index >= 15 is 0 Å². The van der Waals surface area contributed by atoms with Crippen LogP contribution in [0.25, 0.3) is 0 Å². The van der Waals surface area contributed by atoms with Crippen LogP contribution < -0.4 is 4.74 Å². The lowest BCUT2D eigenvalue weighted by Gasteiger charge is -2.37. The van der Waals surface area contributed by atoms with Gasteiger partial charge in [-0.2, -0.15) is 4.31 Å². The van der Waals surface area contributed by atoms with Crippen LogP contribution in [-0.2, 0) is 19.9 Å². The van der Waals surface area contributed by atoms with Crippen LogP contribution in [0.1, 0.15) is 0 Å². The summed E-state index contributed by atoms with van der Waals surface area (Å²) in [4.78, 5) is -0.161. The molecule has 1 aliphatic rings. The van der Waals surface area contributed by atoms with Crippen molar-refractivity contribution in [1.29, 1.82) is 0 Å². The van der Waals surface area contributed by atoms with E-state index in [0.29, 0.717) is 0 Å². The molecule has 0 amide bonds. The third kappa shape index (κ3) is 3.32. The SMILES string of the molecule is COc1ccc(Cl)cc1S(=O)(=O)N1CC(S(=O)(=O)c2ccc(F)cc2)C1. The maximum Gasteiger partial charge on any atom is 0.246 e. The molecule has 0 spiro atoms. The molecule has 0 aromatic heterocycles. The first-order valence-corrected chi connectivity index (χ1v) is 10.9. The predicted molar refractivity (Wildman–Crippen MR) is 94.1 cm³/mol. The molecule has 0 bridgehead atoms. The largest absolute Gasteiger partial charge is 0.495 e. The van der Waals surface area contributed by atoms with Crippen molar-refractivity contribution in [1.82, 2.24) is 4.31 Å². The summed E-state index contributed by atoms with van der Waals surface area (Å²) in [6.07, 6.45) is 0. The van der Waals surface area contributed by atoms with E-state index in [0.717, 1.165) is 16.4 Å². The molecule has 2 aromatic carbocycles. The standard InChI is InChI=1S/C16H15ClFNO5S2/c1-24-15-7-2-11(17)8-16(15)26(22,23)19-9-14(10-19)25(20,21)13-5-3-12(18)4-6-13/h2-8,14H,9-10H2,1H3. The van der Waals surface area contributed by atoms with Gasteiger partial charge in [0, 0.05) is 18.1 Å². The molecule has 2 aromatic rings. The van der Waals surface area contributed by atoms with Gasteiger partial charge in [-0.3, -0.25) is 0 Å². The Bertz CT molecular complexity index is 1030. The minimum atomic E-state index is -3.95. The molecular weight excluding hydrogens is 405 g/mol. The summed E-state index contributed by atoms with van der Waals surface area (Å²) < 4.78 is 69.6. The van der Waals surface area contributed by atoms with Crippen molar-refractivity contribution in [3.8, 4) is 5.75 Å². The van der Waals surface area contributed by atoms with E-state index in [-0.39, 0.29) is 33.7 Å². The molecule has 0 saturated carbocycles. The number of sulfonamides is 1. The molecule has 10 heteroatoms. The van der Waals surface area contributed by atoms with Gasteiger partial charge in [0.15, 0.2) is 9.84 Å². The van der Waals surface area contributed by atoms with Gasteiger partial charge in [-0.25, -0.2) is 21.2 Å². The second-order valence-corrected chi connectivity index (χ2v) is 10.3. The van der Waals surface area contributed by atoms with Crippen LogP contribution in [0.3, 0.4) is 0 Å². The van der Waals surface area contributed by atoms with Crippen molar-refractivity contribution in [2.24, 2.45) is 0 Å². The van der Waals surface area contributed by atoms with E-state index in [1.165, 1.54) is 37.4 Å². The number of halogens is 2. The Morgan fingerprint density at radius 2 is 1.69 bits per heavy atom. The lowest BCUT2D eigenvalue weighted by Crippen LogP contribution is -2.56. The Balaban J connectivity index is 1.83. The fourth-order valence-electron chi connectivity index (χ4n) is 2.60. The van der Waals surface area contributed by atoms with Gasteiger partial charge in [0.1, 0.15) is 16.5 Å². The molecule has 1 fully saturated rings. The average Bonchev–Trinajstić information content (AvgIpc) is 2.53. The summed E-state index contributed by atoms with van der Waals surface area (Å²) in [6, 6.07) is 8.63. The highest BCUT2D eigenvalue weighted by Crippen LogP contribution is 2.34. The summed E-state index contributed by atoms with van der Waals surface area (Å²) in [5.41, 5.74) is 0. The minimum absolute atomic E-state index is 0.0405. The van der Waals surface area contributed by atoms with Crippen LogP contribution in [0.15, 0.2) is 52.3 Å². The first-order valence-electron chi connectivity index (χ1n) is 7.49. The first-order chi connectivity index (χ1) is 12.2.